The van der Waals surface area contributed by atoms with Crippen LogP contribution in [0.15, 0.2) is 0 Å². The molecular weight excluding hydrogens is 256 g/mol. The standard InChI is InChI=1S/C15H26N2OS/c1-4-10-16-11-13-12(3)17-14(19-13)15(18-5-2)8-6-7-9-15/h16H,4-11H2,1-3H3. The van der Waals surface area contributed by atoms with Crippen LogP contribution in [0.1, 0.15) is 61.5 Å². The van der Waals surface area contributed by atoms with Gasteiger partial charge in [-0.05, 0) is 39.7 Å². The SMILES string of the molecule is CCCNCc1sc(C2(OCC)CCCC2)nc1C. The summed E-state index contributed by atoms with van der Waals surface area (Å²) in [5.41, 5.74) is 1.10. The van der Waals surface area contributed by atoms with E-state index >= 15 is 0 Å². The predicted molar refractivity (Wildman–Crippen MR) is 80.6 cm³/mol. The van der Waals surface area contributed by atoms with Crippen LogP contribution in [0, 0.1) is 6.92 Å². The first-order valence-corrected chi connectivity index (χ1v) is 8.35. The van der Waals surface area contributed by atoms with Crippen LogP contribution in [-0.4, -0.2) is 18.1 Å². The van der Waals surface area contributed by atoms with Gasteiger partial charge in [0.1, 0.15) is 10.6 Å². The summed E-state index contributed by atoms with van der Waals surface area (Å²) in [4.78, 5) is 6.19. The molecular formula is C15H26N2OS. The van der Waals surface area contributed by atoms with Crippen molar-refractivity contribution in [1.82, 2.24) is 10.3 Å². The Balaban J connectivity index is 2.13. The Kier molecular flexibility index (Phi) is 5.37. The fraction of sp³-hybridized carbons (Fsp3) is 0.800. The number of nitrogens with zero attached hydrogens (tertiary/aromatic N) is 1. The highest BCUT2D eigenvalue weighted by Gasteiger charge is 2.39. The van der Waals surface area contributed by atoms with Gasteiger partial charge < -0.3 is 10.1 Å². The second-order valence-electron chi connectivity index (χ2n) is 5.34. The molecule has 0 unspecified atom stereocenters. The van der Waals surface area contributed by atoms with E-state index in [4.69, 9.17) is 9.72 Å². The van der Waals surface area contributed by atoms with Crippen molar-refractivity contribution in [1.29, 1.82) is 0 Å². The zero-order chi connectivity index (χ0) is 13.7. The van der Waals surface area contributed by atoms with Crippen molar-refractivity contribution in [2.45, 2.75) is 65.0 Å². The van der Waals surface area contributed by atoms with Crippen molar-refractivity contribution in [2.75, 3.05) is 13.2 Å². The van der Waals surface area contributed by atoms with E-state index in [1.807, 2.05) is 11.3 Å². The fourth-order valence-electron chi connectivity index (χ4n) is 2.81. The van der Waals surface area contributed by atoms with Crippen molar-refractivity contribution in [3.05, 3.63) is 15.6 Å². The number of rotatable bonds is 7. The van der Waals surface area contributed by atoms with Crippen LogP contribution in [0.5, 0.6) is 0 Å². The summed E-state index contributed by atoms with van der Waals surface area (Å²) in [6.45, 7) is 9.20. The van der Waals surface area contributed by atoms with Gasteiger partial charge in [-0.3, -0.25) is 0 Å². The molecule has 1 N–H and O–H groups in total. The van der Waals surface area contributed by atoms with Crippen LogP contribution >= 0.6 is 11.3 Å². The summed E-state index contributed by atoms with van der Waals surface area (Å²) in [6.07, 6.45) is 5.98. The average Bonchev–Trinajstić information content (AvgIpc) is 2.99. The highest BCUT2D eigenvalue weighted by Crippen LogP contribution is 2.44. The van der Waals surface area contributed by atoms with Gasteiger partial charge in [0.05, 0.1) is 5.69 Å². The molecule has 1 fully saturated rings. The number of hydrogen-bond donors (Lipinski definition) is 1. The van der Waals surface area contributed by atoms with Crippen molar-refractivity contribution in [3.63, 3.8) is 0 Å². The van der Waals surface area contributed by atoms with E-state index < -0.39 is 0 Å². The second kappa shape index (κ2) is 6.82. The normalized spacial score (nSPS) is 18.1. The molecule has 0 aliphatic heterocycles. The van der Waals surface area contributed by atoms with Crippen molar-refractivity contribution < 1.29 is 4.74 Å². The van der Waals surface area contributed by atoms with E-state index in [1.165, 1.54) is 34.8 Å². The molecule has 0 radical (unpaired) electrons. The molecule has 0 bridgehead atoms. The molecule has 1 saturated carbocycles. The predicted octanol–water partition coefficient (Wildman–Crippen LogP) is 3.76. The van der Waals surface area contributed by atoms with Crippen LogP contribution in [0.3, 0.4) is 0 Å². The quantitative estimate of drug-likeness (QED) is 0.773. The van der Waals surface area contributed by atoms with Crippen LogP contribution in [-0.2, 0) is 16.9 Å². The largest absolute Gasteiger partial charge is 0.368 e. The molecule has 0 saturated heterocycles. The zero-order valence-corrected chi connectivity index (χ0v) is 13.2. The summed E-state index contributed by atoms with van der Waals surface area (Å²) in [5, 5.41) is 4.68. The minimum Gasteiger partial charge on any atom is -0.368 e. The third kappa shape index (κ3) is 3.36. The van der Waals surface area contributed by atoms with Gasteiger partial charge >= 0.3 is 0 Å². The fourth-order valence-corrected chi connectivity index (χ4v) is 4.04. The summed E-state index contributed by atoms with van der Waals surface area (Å²) >= 11 is 1.85. The molecule has 0 amide bonds. The molecule has 2 rings (SSSR count). The summed E-state index contributed by atoms with van der Waals surface area (Å²) in [5.74, 6) is 0. The molecule has 0 atom stereocenters. The van der Waals surface area contributed by atoms with Crippen LogP contribution in [0.25, 0.3) is 0 Å². The Morgan fingerprint density at radius 2 is 2.05 bits per heavy atom. The number of aromatic nitrogens is 1. The molecule has 4 heteroatoms. The molecule has 1 aromatic heterocycles. The maximum atomic E-state index is 6.10. The first-order valence-electron chi connectivity index (χ1n) is 7.53. The number of hydrogen-bond acceptors (Lipinski definition) is 4. The Hall–Kier alpha value is -0.450. The second-order valence-corrected chi connectivity index (χ2v) is 6.42. The Bertz CT molecular complexity index is 397. The average molecular weight is 282 g/mol. The molecule has 19 heavy (non-hydrogen) atoms. The van der Waals surface area contributed by atoms with Gasteiger partial charge in [-0.1, -0.05) is 19.8 Å². The third-order valence-electron chi connectivity index (χ3n) is 3.83. The van der Waals surface area contributed by atoms with Crippen LogP contribution < -0.4 is 5.32 Å². The van der Waals surface area contributed by atoms with Gasteiger partial charge in [-0.15, -0.1) is 11.3 Å². The van der Waals surface area contributed by atoms with Crippen LogP contribution in [0.4, 0.5) is 0 Å². The summed E-state index contributed by atoms with van der Waals surface area (Å²) < 4.78 is 6.10. The van der Waals surface area contributed by atoms with Gasteiger partial charge in [0.25, 0.3) is 0 Å². The molecule has 0 spiro atoms. The topological polar surface area (TPSA) is 34.1 Å². The monoisotopic (exact) mass is 282 g/mol. The lowest BCUT2D eigenvalue weighted by Gasteiger charge is -2.26. The number of nitrogens with one attached hydrogen (secondary N) is 1. The molecule has 1 heterocycles. The van der Waals surface area contributed by atoms with E-state index in [0.717, 1.165) is 32.5 Å². The highest BCUT2D eigenvalue weighted by atomic mass is 32.1. The maximum Gasteiger partial charge on any atom is 0.125 e. The van der Waals surface area contributed by atoms with Gasteiger partial charge in [-0.2, -0.15) is 0 Å². The molecule has 108 valence electrons. The summed E-state index contributed by atoms with van der Waals surface area (Å²) in [6, 6.07) is 0. The summed E-state index contributed by atoms with van der Waals surface area (Å²) in [7, 11) is 0. The minimum atomic E-state index is -0.0762. The number of aryl methyl sites for hydroxylation is 1. The number of ether oxygens (including phenoxy) is 1. The van der Waals surface area contributed by atoms with Crippen molar-refractivity contribution >= 4 is 11.3 Å². The van der Waals surface area contributed by atoms with Crippen LogP contribution in [0.2, 0.25) is 0 Å². The Labute approximate surface area is 120 Å². The molecule has 1 aliphatic rings. The highest BCUT2D eigenvalue weighted by molar-refractivity contribution is 7.11. The van der Waals surface area contributed by atoms with Gasteiger partial charge in [0.2, 0.25) is 0 Å². The van der Waals surface area contributed by atoms with E-state index in [-0.39, 0.29) is 5.60 Å². The molecule has 3 nitrogen and oxygen atoms in total. The lowest BCUT2D eigenvalue weighted by molar-refractivity contribution is -0.0391. The van der Waals surface area contributed by atoms with Crippen molar-refractivity contribution in [2.24, 2.45) is 0 Å². The maximum absolute atomic E-state index is 6.10. The first-order chi connectivity index (χ1) is 9.22. The number of thiazole rings is 1. The molecule has 1 aromatic rings. The minimum absolute atomic E-state index is 0.0762. The third-order valence-corrected chi connectivity index (χ3v) is 5.17. The Morgan fingerprint density at radius 1 is 1.32 bits per heavy atom. The Morgan fingerprint density at radius 3 is 2.68 bits per heavy atom. The molecule has 1 aliphatic carbocycles. The zero-order valence-electron chi connectivity index (χ0n) is 12.4. The van der Waals surface area contributed by atoms with Gasteiger partial charge in [-0.25, -0.2) is 4.98 Å². The lowest BCUT2D eigenvalue weighted by atomic mass is 10.0. The lowest BCUT2D eigenvalue weighted by Crippen LogP contribution is -2.25. The van der Waals surface area contributed by atoms with Gasteiger partial charge in [0, 0.05) is 18.0 Å². The van der Waals surface area contributed by atoms with E-state index in [9.17, 15) is 0 Å². The smallest absolute Gasteiger partial charge is 0.125 e. The van der Waals surface area contributed by atoms with E-state index in [2.05, 4.69) is 26.1 Å². The van der Waals surface area contributed by atoms with E-state index in [1.54, 1.807) is 0 Å². The first kappa shape index (κ1) is 14.9. The van der Waals surface area contributed by atoms with Crippen molar-refractivity contribution in [3.8, 4) is 0 Å². The molecule has 0 aromatic carbocycles. The van der Waals surface area contributed by atoms with Gasteiger partial charge in [0.15, 0.2) is 0 Å². The van der Waals surface area contributed by atoms with E-state index in [0.29, 0.717) is 0 Å².